The van der Waals surface area contributed by atoms with Gasteiger partial charge in [-0.2, -0.15) is 5.06 Å². The number of carbonyl (C=O) groups excluding carboxylic acids is 3. The van der Waals surface area contributed by atoms with Gasteiger partial charge in [0.2, 0.25) is 5.91 Å². The van der Waals surface area contributed by atoms with E-state index in [-0.39, 0.29) is 29.8 Å². The van der Waals surface area contributed by atoms with Crippen LogP contribution in [-0.2, 0) is 22.7 Å². The Labute approximate surface area is 319 Å². The van der Waals surface area contributed by atoms with Crippen LogP contribution < -0.4 is 25.6 Å². The van der Waals surface area contributed by atoms with E-state index in [0.29, 0.717) is 47.7 Å². The highest BCUT2D eigenvalue weighted by Crippen LogP contribution is 2.61. The van der Waals surface area contributed by atoms with Crippen LogP contribution in [0.15, 0.2) is 60.7 Å². The summed E-state index contributed by atoms with van der Waals surface area (Å²) in [6.07, 6.45) is 1.62. The quantitative estimate of drug-likeness (QED) is 0.168. The van der Waals surface area contributed by atoms with Gasteiger partial charge < -0.3 is 30.7 Å². The molecule has 54 heavy (non-hydrogen) atoms. The van der Waals surface area contributed by atoms with Gasteiger partial charge in [-0.3, -0.25) is 19.2 Å². The number of hydrogen-bond acceptors (Lipinski definition) is 9. The Bertz CT molecular complexity index is 1830. The predicted molar refractivity (Wildman–Crippen MR) is 210 cm³/mol. The molecule has 11 nitrogen and oxygen atoms in total. The molecular formula is C43H57N5O6. The van der Waals surface area contributed by atoms with Crippen LogP contribution in [0.3, 0.4) is 0 Å². The standard InChI is InChI=1S/C43H57N5O6/c1-25-35-19-32(43(35,3)4)20-36(25)46-42(52)39-38(26(2)50)37(22-45-21-27-12-14-28(24-49)15-13-27)54-48(39)23-29-10-9-11-34(40(29)53-8)30-16-31(41(51)44-5)18-33(17-30)47(6)7/h9-18,24-26,32,35-39,45,50H,19-23H2,1-8H3,(H,44,51)(H,46,52)/t25-,26-,32+,35-,36-,37-,38+,39-/m0/s1. The molecule has 0 unspecified atom stereocenters. The number of ether oxygens (including phenoxy) is 1. The lowest BCUT2D eigenvalue weighted by Crippen LogP contribution is -2.62. The lowest BCUT2D eigenvalue weighted by atomic mass is 9.45. The van der Waals surface area contributed by atoms with E-state index in [2.05, 4.69) is 36.7 Å². The van der Waals surface area contributed by atoms with E-state index in [1.807, 2.05) is 67.5 Å². The number of rotatable bonds is 14. The normalized spacial score (nSPS) is 26.4. The maximum absolute atomic E-state index is 14.6. The molecule has 11 heteroatoms. The van der Waals surface area contributed by atoms with Gasteiger partial charge in [-0.05, 0) is 72.3 Å². The molecule has 1 aliphatic heterocycles. The molecule has 0 aromatic heterocycles. The number of hydrogen-bond donors (Lipinski definition) is 4. The van der Waals surface area contributed by atoms with Crippen molar-refractivity contribution in [3.05, 3.63) is 82.9 Å². The second-order valence-corrected chi connectivity index (χ2v) is 16.3. The third-order valence-corrected chi connectivity index (χ3v) is 12.5. The molecular weight excluding hydrogens is 683 g/mol. The Hall–Kier alpha value is -4.29. The summed E-state index contributed by atoms with van der Waals surface area (Å²) < 4.78 is 6.09. The van der Waals surface area contributed by atoms with Crippen LogP contribution in [0.4, 0.5) is 5.69 Å². The number of aliphatic hydroxyl groups is 1. The molecule has 2 bridgehead atoms. The first-order valence-corrected chi connectivity index (χ1v) is 19.1. The number of hydroxylamine groups is 2. The number of aliphatic hydroxyl groups excluding tert-OH is 1. The van der Waals surface area contributed by atoms with Gasteiger partial charge in [0.15, 0.2) is 0 Å². The molecule has 3 saturated carbocycles. The monoisotopic (exact) mass is 739 g/mol. The van der Waals surface area contributed by atoms with Crippen LogP contribution in [-0.4, -0.2) is 87.4 Å². The summed E-state index contributed by atoms with van der Waals surface area (Å²) in [5, 5.41) is 22.7. The lowest BCUT2D eigenvalue weighted by Gasteiger charge is -2.62. The lowest BCUT2D eigenvalue weighted by molar-refractivity contribution is -0.176. The van der Waals surface area contributed by atoms with Gasteiger partial charge >= 0.3 is 0 Å². The highest BCUT2D eigenvalue weighted by Gasteiger charge is 2.57. The Morgan fingerprint density at radius 2 is 1.85 bits per heavy atom. The van der Waals surface area contributed by atoms with Crippen molar-refractivity contribution in [2.75, 3.05) is 39.7 Å². The molecule has 8 atom stereocenters. The number of amides is 2. The first kappa shape index (κ1) is 39.4. The van der Waals surface area contributed by atoms with Crippen molar-refractivity contribution in [3.63, 3.8) is 0 Å². The van der Waals surface area contributed by atoms with Gasteiger partial charge in [-0.15, -0.1) is 0 Å². The molecule has 1 saturated heterocycles. The molecule has 3 aromatic rings. The van der Waals surface area contributed by atoms with E-state index in [1.54, 1.807) is 38.3 Å². The van der Waals surface area contributed by atoms with E-state index < -0.39 is 24.2 Å². The van der Waals surface area contributed by atoms with Crippen LogP contribution >= 0.6 is 0 Å². The molecule has 2 amide bonds. The van der Waals surface area contributed by atoms with Crippen LogP contribution in [0.1, 0.15) is 72.4 Å². The maximum Gasteiger partial charge on any atom is 0.251 e. The number of nitrogens with one attached hydrogen (secondary N) is 3. The first-order chi connectivity index (χ1) is 25.8. The zero-order valence-corrected chi connectivity index (χ0v) is 32.9. The number of methoxy groups -OCH3 is 1. The molecule has 4 N–H and O–H groups in total. The topological polar surface area (TPSA) is 132 Å². The minimum atomic E-state index is -0.842. The van der Waals surface area contributed by atoms with Gasteiger partial charge in [0.25, 0.3) is 5.91 Å². The molecule has 7 rings (SSSR count). The molecule has 0 radical (unpaired) electrons. The van der Waals surface area contributed by atoms with Crippen molar-refractivity contribution in [1.82, 2.24) is 21.0 Å². The highest BCUT2D eigenvalue weighted by molar-refractivity contribution is 5.97. The third-order valence-electron chi connectivity index (χ3n) is 12.5. The van der Waals surface area contributed by atoms with Gasteiger partial charge in [0.1, 0.15) is 18.1 Å². The average Bonchev–Trinajstić information content (AvgIpc) is 3.52. The summed E-state index contributed by atoms with van der Waals surface area (Å²) >= 11 is 0. The van der Waals surface area contributed by atoms with Crippen molar-refractivity contribution in [1.29, 1.82) is 0 Å². The van der Waals surface area contributed by atoms with Crippen LogP contribution in [0.25, 0.3) is 11.1 Å². The number of carbonyl (C=O) groups is 3. The van der Waals surface area contributed by atoms with E-state index in [1.165, 1.54) is 6.42 Å². The van der Waals surface area contributed by atoms with Crippen molar-refractivity contribution in [2.45, 2.75) is 77.9 Å². The summed E-state index contributed by atoms with van der Waals surface area (Å²) in [4.78, 5) is 47.1. The molecule has 3 aromatic carbocycles. The fourth-order valence-electron chi connectivity index (χ4n) is 9.22. The van der Waals surface area contributed by atoms with E-state index in [4.69, 9.17) is 9.57 Å². The van der Waals surface area contributed by atoms with Crippen LogP contribution in [0.2, 0.25) is 0 Å². The largest absolute Gasteiger partial charge is 0.496 e. The summed E-state index contributed by atoms with van der Waals surface area (Å²) in [5.41, 5.74) is 5.70. The Morgan fingerprint density at radius 3 is 2.46 bits per heavy atom. The molecule has 0 spiro atoms. The molecule has 290 valence electrons. The second kappa shape index (κ2) is 16.2. The summed E-state index contributed by atoms with van der Waals surface area (Å²) in [6.45, 7) is 9.82. The molecule has 4 aliphatic rings. The number of para-hydroxylation sites is 1. The Morgan fingerprint density at radius 1 is 1.11 bits per heavy atom. The maximum atomic E-state index is 14.6. The minimum Gasteiger partial charge on any atom is -0.496 e. The summed E-state index contributed by atoms with van der Waals surface area (Å²) in [5.74, 6) is 1.22. The zero-order valence-electron chi connectivity index (χ0n) is 32.9. The van der Waals surface area contributed by atoms with Crippen LogP contribution in [0.5, 0.6) is 5.75 Å². The summed E-state index contributed by atoms with van der Waals surface area (Å²) in [7, 11) is 7.10. The average molecular weight is 740 g/mol. The zero-order chi connectivity index (χ0) is 38.9. The second-order valence-electron chi connectivity index (χ2n) is 16.3. The van der Waals surface area contributed by atoms with Gasteiger partial charge in [0.05, 0.1) is 25.9 Å². The number of fused-ring (bicyclic) bond motifs is 2. The molecule has 4 fully saturated rings. The van der Waals surface area contributed by atoms with Gasteiger partial charge in [-0.25, -0.2) is 0 Å². The first-order valence-electron chi connectivity index (χ1n) is 19.1. The fraction of sp³-hybridized carbons (Fsp3) is 0.512. The number of aldehydes is 1. The number of nitrogens with zero attached hydrogens (tertiary/aromatic N) is 2. The fourth-order valence-corrected chi connectivity index (χ4v) is 9.22. The smallest absolute Gasteiger partial charge is 0.251 e. The van der Waals surface area contributed by atoms with Gasteiger partial charge in [0, 0.05) is 74.1 Å². The highest BCUT2D eigenvalue weighted by atomic mass is 16.7. The number of benzene rings is 3. The molecule has 3 aliphatic carbocycles. The van der Waals surface area contributed by atoms with Crippen molar-refractivity contribution in [2.24, 2.45) is 29.1 Å². The number of anilines is 1. The van der Waals surface area contributed by atoms with Gasteiger partial charge in [-0.1, -0.05) is 63.2 Å². The SMILES string of the molecule is CNC(=O)c1cc(-c2cccc(CN3O[C@@H](CNCc4ccc(C=O)cc4)[C@@H]([C@H](C)O)[C@H]3C(=O)N[C@H]3C[C@H]4C[C@@H]([C@@H]3C)C4(C)C)c2OC)cc(N(C)C)c1. The minimum absolute atomic E-state index is 0.0497. The summed E-state index contributed by atoms with van der Waals surface area (Å²) in [6, 6.07) is 18.2. The Kier molecular flexibility index (Phi) is 11.8. The van der Waals surface area contributed by atoms with Crippen molar-refractivity contribution < 1.29 is 29.1 Å². The van der Waals surface area contributed by atoms with Crippen molar-refractivity contribution in [3.8, 4) is 16.9 Å². The van der Waals surface area contributed by atoms with E-state index >= 15 is 0 Å². The Balaban J connectivity index is 1.31. The van der Waals surface area contributed by atoms with E-state index in [9.17, 15) is 19.5 Å². The van der Waals surface area contributed by atoms with Crippen molar-refractivity contribution >= 4 is 23.8 Å². The van der Waals surface area contributed by atoms with E-state index in [0.717, 1.165) is 40.6 Å². The third kappa shape index (κ3) is 7.77. The predicted octanol–water partition coefficient (Wildman–Crippen LogP) is 5.06. The van der Waals surface area contributed by atoms with Crippen LogP contribution in [0, 0.1) is 29.1 Å². The molecule has 1 heterocycles.